The van der Waals surface area contributed by atoms with E-state index >= 15 is 0 Å². The molecule has 5 heteroatoms. The second-order valence-corrected chi connectivity index (χ2v) is 4.49. The summed E-state index contributed by atoms with van der Waals surface area (Å²) in [5.41, 5.74) is 1.83. The molecule has 4 nitrogen and oxygen atoms in total. The summed E-state index contributed by atoms with van der Waals surface area (Å²) >= 11 is 3.47. The Hall–Kier alpha value is -1.62. The molecule has 0 unspecified atom stereocenters. The molecule has 0 saturated carbocycles. The SMILES string of the molecule is CCNc1nccnc1-c1ccc(OC)c(Br)c1. The lowest BCUT2D eigenvalue weighted by molar-refractivity contribution is 0.412. The number of aromatic nitrogens is 2. The molecule has 2 rings (SSSR count). The number of halogens is 1. The van der Waals surface area contributed by atoms with Crippen molar-refractivity contribution in [1.82, 2.24) is 9.97 Å². The first-order chi connectivity index (χ1) is 8.76. The molecule has 0 aliphatic carbocycles. The third-order valence-corrected chi connectivity index (χ3v) is 3.09. The van der Waals surface area contributed by atoms with Crippen molar-refractivity contribution in [2.75, 3.05) is 19.0 Å². The van der Waals surface area contributed by atoms with Crippen LogP contribution in [0.1, 0.15) is 6.92 Å². The van der Waals surface area contributed by atoms with E-state index in [-0.39, 0.29) is 0 Å². The molecule has 0 spiro atoms. The zero-order chi connectivity index (χ0) is 13.0. The van der Waals surface area contributed by atoms with Crippen LogP contribution < -0.4 is 10.1 Å². The minimum atomic E-state index is 0.789. The largest absolute Gasteiger partial charge is 0.496 e. The topological polar surface area (TPSA) is 47.0 Å². The lowest BCUT2D eigenvalue weighted by Gasteiger charge is -2.10. The van der Waals surface area contributed by atoms with Crippen molar-refractivity contribution < 1.29 is 4.74 Å². The number of ether oxygens (including phenoxy) is 1. The van der Waals surface area contributed by atoms with Gasteiger partial charge in [0.1, 0.15) is 11.4 Å². The van der Waals surface area contributed by atoms with Crippen LogP contribution in [0.2, 0.25) is 0 Å². The van der Waals surface area contributed by atoms with Gasteiger partial charge in [0.25, 0.3) is 0 Å². The highest BCUT2D eigenvalue weighted by Crippen LogP contribution is 2.31. The molecule has 1 aromatic carbocycles. The van der Waals surface area contributed by atoms with Gasteiger partial charge in [0, 0.05) is 24.5 Å². The Balaban J connectivity index is 2.45. The first-order valence-corrected chi connectivity index (χ1v) is 6.44. The Morgan fingerprint density at radius 2 is 2.06 bits per heavy atom. The minimum Gasteiger partial charge on any atom is -0.496 e. The molecule has 1 heterocycles. The van der Waals surface area contributed by atoms with Crippen LogP contribution in [0.25, 0.3) is 11.3 Å². The van der Waals surface area contributed by atoms with Crippen molar-refractivity contribution in [3.63, 3.8) is 0 Å². The van der Waals surface area contributed by atoms with E-state index in [1.165, 1.54) is 0 Å². The Morgan fingerprint density at radius 3 is 2.72 bits per heavy atom. The predicted octanol–water partition coefficient (Wildman–Crippen LogP) is 3.35. The number of nitrogens with zero attached hydrogens (tertiary/aromatic N) is 2. The van der Waals surface area contributed by atoms with Gasteiger partial charge in [-0.25, -0.2) is 4.98 Å². The molecule has 1 N–H and O–H groups in total. The van der Waals surface area contributed by atoms with Gasteiger partial charge in [-0.1, -0.05) is 0 Å². The molecule has 0 atom stereocenters. The fourth-order valence-electron chi connectivity index (χ4n) is 1.66. The van der Waals surface area contributed by atoms with E-state index in [4.69, 9.17) is 4.74 Å². The maximum atomic E-state index is 5.22. The number of anilines is 1. The van der Waals surface area contributed by atoms with Gasteiger partial charge in [0.15, 0.2) is 5.82 Å². The molecule has 0 bridgehead atoms. The number of nitrogens with one attached hydrogen (secondary N) is 1. The highest BCUT2D eigenvalue weighted by molar-refractivity contribution is 9.10. The highest BCUT2D eigenvalue weighted by Gasteiger charge is 2.09. The average molecular weight is 308 g/mol. The molecule has 1 aromatic heterocycles. The van der Waals surface area contributed by atoms with E-state index in [9.17, 15) is 0 Å². The maximum absolute atomic E-state index is 5.22. The summed E-state index contributed by atoms with van der Waals surface area (Å²) in [4.78, 5) is 8.67. The minimum absolute atomic E-state index is 0.789. The van der Waals surface area contributed by atoms with Gasteiger partial charge < -0.3 is 10.1 Å². The van der Waals surface area contributed by atoms with Gasteiger partial charge >= 0.3 is 0 Å². The van der Waals surface area contributed by atoms with Crippen LogP contribution in [0.4, 0.5) is 5.82 Å². The monoisotopic (exact) mass is 307 g/mol. The Labute approximate surface area is 115 Å². The maximum Gasteiger partial charge on any atom is 0.152 e. The molecule has 0 aliphatic rings. The fourth-order valence-corrected chi connectivity index (χ4v) is 2.20. The summed E-state index contributed by atoms with van der Waals surface area (Å²) in [6.07, 6.45) is 3.37. The van der Waals surface area contributed by atoms with Crippen molar-refractivity contribution in [2.24, 2.45) is 0 Å². The summed E-state index contributed by atoms with van der Waals surface area (Å²) < 4.78 is 6.11. The number of benzene rings is 1. The van der Waals surface area contributed by atoms with E-state index in [0.29, 0.717) is 0 Å². The number of hydrogen-bond donors (Lipinski definition) is 1. The number of rotatable bonds is 4. The molecule has 0 radical (unpaired) electrons. The third-order valence-electron chi connectivity index (χ3n) is 2.47. The number of hydrogen-bond acceptors (Lipinski definition) is 4. The van der Waals surface area contributed by atoms with E-state index < -0.39 is 0 Å². The molecule has 0 fully saturated rings. The van der Waals surface area contributed by atoms with E-state index in [1.807, 2.05) is 25.1 Å². The van der Waals surface area contributed by atoms with Gasteiger partial charge in [-0.05, 0) is 41.1 Å². The average Bonchev–Trinajstić information content (AvgIpc) is 2.40. The summed E-state index contributed by atoms with van der Waals surface area (Å²) in [6, 6.07) is 5.85. The highest BCUT2D eigenvalue weighted by atomic mass is 79.9. The van der Waals surface area contributed by atoms with Crippen molar-refractivity contribution in [3.05, 3.63) is 35.1 Å². The van der Waals surface area contributed by atoms with Crippen molar-refractivity contribution in [3.8, 4) is 17.0 Å². The fraction of sp³-hybridized carbons (Fsp3) is 0.231. The molecular weight excluding hydrogens is 294 g/mol. The van der Waals surface area contributed by atoms with Gasteiger partial charge in [0.05, 0.1) is 11.6 Å². The third kappa shape index (κ3) is 2.61. The second kappa shape index (κ2) is 5.82. The summed E-state index contributed by atoms with van der Waals surface area (Å²) in [5.74, 6) is 1.59. The second-order valence-electron chi connectivity index (χ2n) is 3.63. The summed E-state index contributed by atoms with van der Waals surface area (Å²) in [7, 11) is 1.64. The Morgan fingerprint density at radius 1 is 1.28 bits per heavy atom. The Kier molecular flexibility index (Phi) is 4.15. The molecule has 2 aromatic rings. The van der Waals surface area contributed by atoms with Crippen molar-refractivity contribution in [1.29, 1.82) is 0 Å². The van der Waals surface area contributed by atoms with Crippen LogP contribution in [0.15, 0.2) is 35.1 Å². The van der Waals surface area contributed by atoms with Crippen LogP contribution in [0, 0.1) is 0 Å². The quantitative estimate of drug-likeness (QED) is 0.941. The predicted molar refractivity (Wildman–Crippen MR) is 75.9 cm³/mol. The lowest BCUT2D eigenvalue weighted by atomic mass is 10.1. The van der Waals surface area contributed by atoms with Crippen LogP contribution in [0.3, 0.4) is 0 Å². The van der Waals surface area contributed by atoms with Gasteiger partial charge in [-0.2, -0.15) is 0 Å². The normalized spacial score (nSPS) is 10.2. The van der Waals surface area contributed by atoms with E-state index in [2.05, 4.69) is 31.2 Å². The molecule has 0 amide bonds. The zero-order valence-electron chi connectivity index (χ0n) is 10.3. The van der Waals surface area contributed by atoms with E-state index in [0.717, 1.165) is 33.8 Å². The van der Waals surface area contributed by atoms with Crippen LogP contribution in [0.5, 0.6) is 5.75 Å². The van der Waals surface area contributed by atoms with E-state index in [1.54, 1.807) is 19.5 Å². The van der Waals surface area contributed by atoms with Gasteiger partial charge in [-0.3, -0.25) is 4.98 Å². The molecule has 18 heavy (non-hydrogen) atoms. The summed E-state index contributed by atoms with van der Waals surface area (Å²) in [5, 5.41) is 3.20. The van der Waals surface area contributed by atoms with Crippen LogP contribution in [-0.2, 0) is 0 Å². The van der Waals surface area contributed by atoms with Crippen LogP contribution in [-0.4, -0.2) is 23.6 Å². The van der Waals surface area contributed by atoms with Gasteiger partial charge in [0.2, 0.25) is 0 Å². The first-order valence-electron chi connectivity index (χ1n) is 5.65. The number of methoxy groups -OCH3 is 1. The zero-order valence-corrected chi connectivity index (χ0v) is 11.9. The molecular formula is C13H14BrN3O. The molecule has 94 valence electrons. The summed E-state index contributed by atoms with van der Waals surface area (Å²) in [6.45, 7) is 2.84. The standard InChI is InChI=1S/C13H14BrN3O/c1-3-15-13-12(16-6-7-17-13)9-4-5-11(18-2)10(14)8-9/h4-8H,3H2,1-2H3,(H,15,17). The van der Waals surface area contributed by atoms with Crippen LogP contribution >= 0.6 is 15.9 Å². The Bertz CT molecular complexity index is 546. The van der Waals surface area contributed by atoms with Crippen molar-refractivity contribution in [2.45, 2.75) is 6.92 Å². The van der Waals surface area contributed by atoms with Gasteiger partial charge in [-0.15, -0.1) is 0 Å². The molecule has 0 aliphatic heterocycles. The first kappa shape index (κ1) is 12.8. The lowest BCUT2D eigenvalue weighted by Crippen LogP contribution is -2.02. The molecule has 0 saturated heterocycles. The smallest absolute Gasteiger partial charge is 0.152 e. The van der Waals surface area contributed by atoms with Crippen molar-refractivity contribution >= 4 is 21.7 Å².